The molecule has 0 aliphatic carbocycles. The molecule has 4 nitrogen and oxygen atoms in total. The van der Waals surface area contributed by atoms with Gasteiger partial charge in [-0.05, 0) is 84.9 Å². The Kier molecular flexibility index (Phi) is 8.50. The highest BCUT2D eigenvalue weighted by Crippen LogP contribution is 2.43. The van der Waals surface area contributed by atoms with Crippen molar-refractivity contribution in [1.29, 1.82) is 0 Å². The number of furan rings is 1. The van der Waals surface area contributed by atoms with Crippen LogP contribution in [0.5, 0.6) is 0 Å². The molecule has 3 aromatic heterocycles. The summed E-state index contributed by atoms with van der Waals surface area (Å²) in [5.41, 5.74) is 13.6. The Labute approximate surface area is 374 Å². The Morgan fingerprint density at radius 2 is 0.754 bits per heavy atom. The van der Waals surface area contributed by atoms with Gasteiger partial charge in [-0.2, -0.15) is 0 Å². The molecule has 3 heterocycles. The summed E-state index contributed by atoms with van der Waals surface area (Å²) in [6.07, 6.45) is 0. The van der Waals surface area contributed by atoms with Crippen molar-refractivity contribution < 1.29 is 4.42 Å². The van der Waals surface area contributed by atoms with E-state index in [0.717, 1.165) is 88.9 Å². The van der Waals surface area contributed by atoms with E-state index in [-0.39, 0.29) is 0 Å². The molecule has 0 bridgehead atoms. The minimum atomic E-state index is 0.666. The first-order valence-electron chi connectivity index (χ1n) is 22.0. The molecular weight excluding hydrogens is 791 g/mol. The number of hydrogen-bond acceptors (Lipinski definition) is 4. The molecule has 0 aliphatic heterocycles. The van der Waals surface area contributed by atoms with Crippen LogP contribution in [0, 0.1) is 0 Å². The van der Waals surface area contributed by atoms with E-state index in [4.69, 9.17) is 19.4 Å². The van der Waals surface area contributed by atoms with Gasteiger partial charge in [0.2, 0.25) is 0 Å². The van der Waals surface area contributed by atoms with Crippen LogP contribution in [0.4, 0.5) is 0 Å². The SMILES string of the molecule is c1ccc(-c2ccc(-c3cc(-c4ccccc4)nc(-c4cccc(-c5ccc6c(c5)nc(-c5ccc7c8ccccc8c8ccccc8c7c5)c5oc7ccccc7c56)c4)n3)cc2)cc1. The number of para-hydroxylation sites is 1. The van der Waals surface area contributed by atoms with Gasteiger partial charge in [0, 0.05) is 38.4 Å². The molecule has 10 aromatic carbocycles. The lowest BCUT2D eigenvalue weighted by Crippen LogP contribution is -1.96. The number of rotatable bonds is 6. The lowest BCUT2D eigenvalue weighted by atomic mass is 9.92. The Bertz CT molecular complexity index is 3950. The van der Waals surface area contributed by atoms with E-state index in [2.05, 4.69) is 200 Å². The van der Waals surface area contributed by atoms with Crippen LogP contribution in [0.2, 0.25) is 0 Å². The lowest BCUT2D eigenvalue weighted by Gasteiger charge is -2.13. The zero-order valence-electron chi connectivity index (χ0n) is 35.1. The normalized spacial score (nSPS) is 11.7. The van der Waals surface area contributed by atoms with Gasteiger partial charge in [0.1, 0.15) is 11.3 Å². The Morgan fingerprint density at radius 3 is 1.46 bits per heavy atom. The maximum Gasteiger partial charge on any atom is 0.162 e. The molecule has 0 aliphatic rings. The summed E-state index contributed by atoms with van der Waals surface area (Å²) in [6, 6.07) is 79.1. The summed E-state index contributed by atoms with van der Waals surface area (Å²) in [7, 11) is 0. The summed E-state index contributed by atoms with van der Waals surface area (Å²) >= 11 is 0. The maximum atomic E-state index is 6.73. The van der Waals surface area contributed by atoms with Gasteiger partial charge < -0.3 is 4.42 Å². The van der Waals surface area contributed by atoms with Gasteiger partial charge in [-0.25, -0.2) is 15.0 Å². The first-order valence-corrected chi connectivity index (χ1v) is 22.0. The molecule has 0 radical (unpaired) electrons. The van der Waals surface area contributed by atoms with E-state index < -0.39 is 0 Å². The van der Waals surface area contributed by atoms with Crippen molar-refractivity contribution in [1.82, 2.24) is 15.0 Å². The fourth-order valence-electron chi connectivity index (χ4n) is 9.70. The van der Waals surface area contributed by atoms with E-state index in [0.29, 0.717) is 5.82 Å². The van der Waals surface area contributed by atoms with Gasteiger partial charge in [-0.15, -0.1) is 0 Å². The molecular formula is C61H37N3O. The maximum absolute atomic E-state index is 6.73. The molecule has 0 N–H and O–H groups in total. The average molecular weight is 828 g/mol. The fraction of sp³-hybridized carbons (Fsp3) is 0. The third-order valence-corrected chi connectivity index (χ3v) is 12.9. The number of fused-ring (bicyclic) bond motifs is 11. The predicted octanol–water partition coefficient (Wildman–Crippen LogP) is 16.4. The van der Waals surface area contributed by atoms with Gasteiger partial charge in [0.25, 0.3) is 0 Å². The molecule has 0 amide bonds. The van der Waals surface area contributed by atoms with E-state index >= 15 is 0 Å². The van der Waals surface area contributed by atoms with Crippen LogP contribution >= 0.6 is 0 Å². The molecule has 0 saturated carbocycles. The van der Waals surface area contributed by atoms with Crippen LogP contribution in [0.25, 0.3) is 133 Å². The van der Waals surface area contributed by atoms with Crippen molar-refractivity contribution >= 4 is 65.2 Å². The second-order valence-corrected chi connectivity index (χ2v) is 16.7. The van der Waals surface area contributed by atoms with Crippen LogP contribution in [0.3, 0.4) is 0 Å². The topological polar surface area (TPSA) is 51.8 Å². The van der Waals surface area contributed by atoms with Crippen LogP contribution in [-0.2, 0) is 0 Å². The Morgan fingerprint density at radius 1 is 0.277 bits per heavy atom. The molecule has 13 aromatic rings. The van der Waals surface area contributed by atoms with E-state index in [1.54, 1.807) is 0 Å². The van der Waals surface area contributed by atoms with Gasteiger partial charge in [0.05, 0.1) is 16.9 Å². The molecule has 13 rings (SSSR count). The largest absolute Gasteiger partial charge is 0.454 e. The second-order valence-electron chi connectivity index (χ2n) is 16.7. The fourth-order valence-corrected chi connectivity index (χ4v) is 9.70. The summed E-state index contributed by atoms with van der Waals surface area (Å²) in [5, 5.41) is 10.6. The van der Waals surface area contributed by atoms with E-state index in [9.17, 15) is 0 Å². The highest BCUT2D eigenvalue weighted by atomic mass is 16.3. The molecule has 302 valence electrons. The van der Waals surface area contributed by atoms with Crippen LogP contribution in [-0.4, -0.2) is 15.0 Å². The van der Waals surface area contributed by atoms with Crippen molar-refractivity contribution in [3.8, 4) is 67.4 Å². The molecule has 0 atom stereocenters. The summed E-state index contributed by atoms with van der Waals surface area (Å²) in [6.45, 7) is 0. The number of pyridine rings is 1. The highest BCUT2D eigenvalue weighted by molar-refractivity contribution is 6.26. The minimum absolute atomic E-state index is 0.666. The quantitative estimate of drug-likeness (QED) is 0.157. The number of hydrogen-bond donors (Lipinski definition) is 0. The molecule has 0 unspecified atom stereocenters. The van der Waals surface area contributed by atoms with Crippen LogP contribution < -0.4 is 0 Å². The van der Waals surface area contributed by atoms with Gasteiger partial charge in [0.15, 0.2) is 11.4 Å². The first kappa shape index (κ1) is 36.9. The molecule has 4 heteroatoms. The van der Waals surface area contributed by atoms with E-state index in [1.165, 1.54) is 37.9 Å². The standard InChI is InChI=1S/C61H37N3O/c1-3-14-38(15-4-1)39-26-28-41(29-27-39)55-37-54(40-16-5-2-6-17-40)63-61(64-55)45-19-13-18-42(34-45)43-30-33-51-56(36-43)62-59(60-58(51)52-24-11-12-25-57(52)65-60)44-31-32-50-48-22-8-7-20-46(48)47-21-9-10-23-49(47)53(50)35-44/h1-37H. The van der Waals surface area contributed by atoms with Crippen molar-refractivity contribution in [3.63, 3.8) is 0 Å². The highest BCUT2D eigenvalue weighted by Gasteiger charge is 2.20. The molecule has 65 heavy (non-hydrogen) atoms. The second kappa shape index (κ2) is 15.0. The molecule has 0 saturated heterocycles. The van der Waals surface area contributed by atoms with Gasteiger partial charge >= 0.3 is 0 Å². The molecule has 0 fully saturated rings. The third-order valence-electron chi connectivity index (χ3n) is 12.9. The van der Waals surface area contributed by atoms with Gasteiger partial charge in [-0.1, -0.05) is 194 Å². The Balaban J connectivity index is 0.955. The number of nitrogens with zero attached hydrogens (tertiary/aromatic N) is 3. The first-order chi connectivity index (χ1) is 32.2. The van der Waals surface area contributed by atoms with Crippen molar-refractivity contribution in [2.24, 2.45) is 0 Å². The van der Waals surface area contributed by atoms with E-state index in [1.807, 2.05) is 24.3 Å². The Hall–Kier alpha value is -8.73. The zero-order valence-corrected chi connectivity index (χ0v) is 35.1. The number of aromatic nitrogens is 3. The summed E-state index contributed by atoms with van der Waals surface area (Å²) in [4.78, 5) is 15.9. The summed E-state index contributed by atoms with van der Waals surface area (Å²) < 4.78 is 6.73. The van der Waals surface area contributed by atoms with Crippen molar-refractivity contribution in [2.45, 2.75) is 0 Å². The van der Waals surface area contributed by atoms with Crippen molar-refractivity contribution in [3.05, 3.63) is 224 Å². The van der Waals surface area contributed by atoms with Gasteiger partial charge in [-0.3, -0.25) is 0 Å². The van der Waals surface area contributed by atoms with Crippen LogP contribution in [0.15, 0.2) is 229 Å². The smallest absolute Gasteiger partial charge is 0.162 e. The van der Waals surface area contributed by atoms with Crippen LogP contribution in [0.1, 0.15) is 0 Å². The monoisotopic (exact) mass is 827 g/mol. The van der Waals surface area contributed by atoms with Crippen molar-refractivity contribution in [2.75, 3.05) is 0 Å². The zero-order chi connectivity index (χ0) is 42.8. The average Bonchev–Trinajstić information content (AvgIpc) is 3.79. The lowest BCUT2D eigenvalue weighted by molar-refractivity contribution is 0.669. The molecule has 0 spiro atoms. The number of benzene rings is 10. The minimum Gasteiger partial charge on any atom is -0.454 e. The third kappa shape index (κ3) is 6.26. The summed E-state index contributed by atoms with van der Waals surface area (Å²) in [5.74, 6) is 0.666. The predicted molar refractivity (Wildman–Crippen MR) is 270 cm³/mol.